The summed E-state index contributed by atoms with van der Waals surface area (Å²) in [6.07, 6.45) is 2.18. The van der Waals surface area contributed by atoms with Gasteiger partial charge in [-0.15, -0.1) is 0 Å². The van der Waals surface area contributed by atoms with Crippen LogP contribution in [0.1, 0.15) is 25.3 Å². The summed E-state index contributed by atoms with van der Waals surface area (Å²) in [5, 5.41) is 0.272. The van der Waals surface area contributed by atoms with Crippen LogP contribution in [0.2, 0.25) is 5.02 Å². The average Bonchev–Trinajstić information content (AvgIpc) is 3.38. The molecule has 0 spiro atoms. The lowest BCUT2D eigenvalue weighted by atomic mass is 10.2. The van der Waals surface area contributed by atoms with Gasteiger partial charge in [-0.3, -0.25) is 0 Å². The smallest absolute Gasteiger partial charge is 0.207 e. The van der Waals surface area contributed by atoms with Crippen LogP contribution in [0.4, 0.5) is 0 Å². The molecule has 2 aromatic rings. The molecule has 122 valence electrons. The summed E-state index contributed by atoms with van der Waals surface area (Å²) in [5.74, 6) is 0.441. The van der Waals surface area contributed by atoms with E-state index in [4.69, 9.17) is 11.6 Å². The Hall–Kier alpha value is -1.36. The molecule has 1 aliphatic carbocycles. The van der Waals surface area contributed by atoms with Gasteiger partial charge in [-0.05, 0) is 43.4 Å². The number of sulfonamides is 1. The first kappa shape index (κ1) is 16.5. The van der Waals surface area contributed by atoms with Crippen molar-refractivity contribution in [3.63, 3.8) is 0 Å². The van der Waals surface area contributed by atoms with E-state index in [0.717, 1.165) is 18.4 Å². The van der Waals surface area contributed by atoms with Crippen molar-refractivity contribution in [3.05, 3.63) is 65.2 Å². The first-order valence-electron chi connectivity index (χ1n) is 7.80. The Labute approximate surface area is 142 Å². The maximum absolute atomic E-state index is 13.2. The van der Waals surface area contributed by atoms with Gasteiger partial charge in [0.2, 0.25) is 10.0 Å². The monoisotopic (exact) mass is 349 g/mol. The summed E-state index contributed by atoms with van der Waals surface area (Å²) in [5.41, 5.74) is 0.982. The largest absolute Gasteiger partial charge is 0.245 e. The Morgan fingerprint density at radius 1 is 1.09 bits per heavy atom. The molecule has 1 aliphatic rings. The van der Waals surface area contributed by atoms with Crippen LogP contribution < -0.4 is 0 Å². The molecule has 0 unspecified atom stereocenters. The van der Waals surface area contributed by atoms with Crippen molar-refractivity contribution in [1.82, 2.24) is 4.31 Å². The van der Waals surface area contributed by atoms with Crippen molar-refractivity contribution in [2.75, 3.05) is 0 Å². The molecule has 0 N–H and O–H groups in total. The van der Waals surface area contributed by atoms with Gasteiger partial charge >= 0.3 is 0 Å². The molecule has 23 heavy (non-hydrogen) atoms. The van der Waals surface area contributed by atoms with Crippen molar-refractivity contribution in [1.29, 1.82) is 0 Å². The van der Waals surface area contributed by atoms with Gasteiger partial charge in [0.25, 0.3) is 0 Å². The molecule has 1 saturated carbocycles. The lowest BCUT2D eigenvalue weighted by molar-refractivity contribution is 0.303. The predicted octanol–water partition coefficient (Wildman–Crippen LogP) is 4.33. The first-order chi connectivity index (χ1) is 11.0. The molecule has 0 saturated heterocycles. The van der Waals surface area contributed by atoms with Crippen LogP contribution in [-0.4, -0.2) is 18.8 Å². The molecule has 0 aromatic heterocycles. The molecule has 0 aliphatic heterocycles. The highest BCUT2D eigenvalue weighted by Gasteiger charge is 2.38. The number of hydrogen-bond donors (Lipinski definition) is 0. The van der Waals surface area contributed by atoms with Gasteiger partial charge < -0.3 is 0 Å². The maximum Gasteiger partial charge on any atom is 0.245 e. The molecule has 0 bridgehead atoms. The fourth-order valence-electron chi connectivity index (χ4n) is 2.81. The molecule has 1 atom stereocenters. The zero-order chi connectivity index (χ0) is 16.4. The highest BCUT2D eigenvalue weighted by atomic mass is 35.5. The van der Waals surface area contributed by atoms with Crippen LogP contribution in [-0.2, 0) is 16.6 Å². The predicted molar refractivity (Wildman–Crippen MR) is 92.8 cm³/mol. The quantitative estimate of drug-likeness (QED) is 0.778. The summed E-state index contributed by atoms with van der Waals surface area (Å²) in [6, 6.07) is 16.3. The molecule has 3 nitrogen and oxygen atoms in total. The third kappa shape index (κ3) is 3.60. The Balaban J connectivity index is 1.98. The lowest BCUT2D eigenvalue weighted by Gasteiger charge is -2.29. The van der Waals surface area contributed by atoms with Crippen molar-refractivity contribution in [2.45, 2.75) is 37.2 Å². The number of halogens is 1. The first-order valence-corrected chi connectivity index (χ1v) is 9.62. The van der Waals surface area contributed by atoms with Gasteiger partial charge in [0, 0.05) is 12.6 Å². The van der Waals surface area contributed by atoms with Gasteiger partial charge in [-0.25, -0.2) is 8.42 Å². The molecular weight excluding hydrogens is 330 g/mol. The topological polar surface area (TPSA) is 37.4 Å². The van der Waals surface area contributed by atoms with E-state index in [0.29, 0.717) is 12.5 Å². The summed E-state index contributed by atoms with van der Waals surface area (Å²) >= 11 is 6.15. The van der Waals surface area contributed by atoms with Gasteiger partial charge in [-0.1, -0.05) is 54.1 Å². The van der Waals surface area contributed by atoms with E-state index in [1.165, 1.54) is 0 Å². The van der Waals surface area contributed by atoms with Crippen molar-refractivity contribution in [2.24, 2.45) is 5.92 Å². The summed E-state index contributed by atoms with van der Waals surface area (Å²) in [6.45, 7) is 2.36. The second-order valence-electron chi connectivity index (χ2n) is 6.04. The molecular formula is C18H20ClNO2S. The molecule has 3 rings (SSSR count). The van der Waals surface area contributed by atoms with Crippen LogP contribution >= 0.6 is 11.6 Å². The third-order valence-electron chi connectivity index (χ3n) is 4.36. The highest BCUT2D eigenvalue weighted by molar-refractivity contribution is 7.89. The Kier molecular flexibility index (Phi) is 4.76. The van der Waals surface area contributed by atoms with E-state index in [1.54, 1.807) is 28.6 Å². The fourth-order valence-corrected chi connectivity index (χ4v) is 4.98. The van der Waals surface area contributed by atoms with Crippen LogP contribution in [0.3, 0.4) is 0 Å². The fraction of sp³-hybridized carbons (Fsp3) is 0.333. The van der Waals surface area contributed by atoms with Crippen molar-refractivity contribution < 1.29 is 8.42 Å². The third-order valence-corrected chi connectivity index (χ3v) is 6.80. The molecule has 0 amide bonds. The van der Waals surface area contributed by atoms with Crippen LogP contribution in [0, 0.1) is 5.92 Å². The zero-order valence-electron chi connectivity index (χ0n) is 13.0. The minimum absolute atomic E-state index is 0.0310. The van der Waals surface area contributed by atoms with E-state index >= 15 is 0 Å². The minimum atomic E-state index is -3.63. The average molecular weight is 350 g/mol. The Bertz CT molecular complexity index is 773. The van der Waals surface area contributed by atoms with Crippen LogP contribution in [0.25, 0.3) is 0 Å². The molecule has 0 radical (unpaired) electrons. The van der Waals surface area contributed by atoms with Crippen molar-refractivity contribution in [3.8, 4) is 0 Å². The van der Waals surface area contributed by atoms with E-state index in [2.05, 4.69) is 0 Å². The highest BCUT2D eigenvalue weighted by Crippen LogP contribution is 2.38. The number of nitrogens with zero attached hydrogens (tertiary/aromatic N) is 1. The van der Waals surface area contributed by atoms with Crippen LogP contribution in [0.15, 0.2) is 59.5 Å². The molecule has 5 heteroatoms. The second-order valence-corrected chi connectivity index (χ2v) is 8.31. The number of rotatable bonds is 6. The normalized spacial score (nSPS) is 16.5. The second kappa shape index (κ2) is 6.63. The molecule has 2 aromatic carbocycles. The Morgan fingerprint density at radius 3 is 2.30 bits per heavy atom. The number of hydrogen-bond acceptors (Lipinski definition) is 2. The van der Waals surface area contributed by atoms with E-state index in [1.807, 2.05) is 37.3 Å². The van der Waals surface area contributed by atoms with Gasteiger partial charge in [0.05, 0.1) is 5.02 Å². The maximum atomic E-state index is 13.2. The van der Waals surface area contributed by atoms with E-state index < -0.39 is 10.0 Å². The minimum Gasteiger partial charge on any atom is -0.207 e. The van der Waals surface area contributed by atoms with Crippen molar-refractivity contribution >= 4 is 21.6 Å². The lowest BCUT2D eigenvalue weighted by Crippen LogP contribution is -2.39. The summed E-state index contributed by atoms with van der Waals surface area (Å²) in [4.78, 5) is 0.185. The zero-order valence-corrected chi connectivity index (χ0v) is 14.6. The van der Waals surface area contributed by atoms with Gasteiger partial charge in [-0.2, -0.15) is 4.31 Å². The van der Waals surface area contributed by atoms with E-state index in [9.17, 15) is 8.42 Å². The SMILES string of the molecule is C[C@@H](C1CC1)N(Cc1ccccc1)S(=O)(=O)c1ccccc1Cl. The summed E-state index contributed by atoms with van der Waals surface area (Å²) in [7, 11) is -3.63. The Morgan fingerprint density at radius 2 is 1.70 bits per heavy atom. The summed E-state index contributed by atoms with van der Waals surface area (Å²) < 4.78 is 27.9. The molecule has 0 heterocycles. The molecule has 1 fully saturated rings. The van der Waals surface area contributed by atoms with Gasteiger partial charge in [0.15, 0.2) is 0 Å². The van der Waals surface area contributed by atoms with Gasteiger partial charge in [0.1, 0.15) is 4.90 Å². The standard InChI is InChI=1S/C18H20ClNO2S/c1-14(16-11-12-16)20(13-15-7-3-2-4-8-15)23(21,22)18-10-6-5-9-17(18)19/h2-10,14,16H,11-13H2,1H3/t14-/m0/s1. The van der Waals surface area contributed by atoms with Crippen LogP contribution in [0.5, 0.6) is 0 Å². The van der Waals surface area contributed by atoms with E-state index in [-0.39, 0.29) is 16.0 Å². The number of benzene rings is 2.